The smallest absolute Gasteiger partial charge is 0.320 e. The maximum Gasteiger partial charge on any atom is 0.320 e. The van der Waals surface area contributed by atoms with Crippen molar-refractivity contribution in [2.45, 2.75) is 51.2 Å². The molecule has 2 fully saturated rings. The molecular weight excluding hydrogens is 410 g/mol. The number of carbonyl (C=O) groups is 2. The summed E-state index contributed by atoms with van der Waals surface area (Å²) >= 11 is 0. The fraction of sp³-hybridized carbons (Fsp3) is 0.545. The van der Waals surface area contributed by atoms with Crippen molar-refractivity contribution in [3.05, 3.63) is 18.1 Å². The quantitative estimate of drug-likeness (QED) is 0.525. The van der Waals surface area contributed by atoms with E-state index in [4.69, 9.17) is 9.72 Å². The number of hydrogen-bond acceptors (Lipinski definition) is 5. The van der Waals surface area contributed by atoms with Crippen molar-refractivity contribution < 1.29 is 14.3 Å². The number of urea groups is 1. The summed E-state index contributed by atoms with van der Waals surface area (Å²) in [7, 11) is 3.49. The van der Waals surface area contributed by atoms with Crippen LogP contribution < -0.4 is 10.6 Å². The van der Waals surface area contributed by atoms with Gasteiger partial charge in [-0.1, -0.05) is 0 Å². The third kappa shape index (κ3) is 3.58. The van der Waals surface area contributed by atoms with Crippen LogP contribution in [0.15, 0.2) is 12.4 Å². The molecule has 3 amide bonds. The molecule has 2 saturated carbocycles. The predicted molar refractivity (Wildman–Crippen MR) is 121 cm³/mol. The fourth-order valence-electron chi connectivity index (χ4n) is 4.38. The van der Waals surface area contributed by atoms with Crippen molar-refractivity contribution in [1.29, 1.82) is 0 Å². The average molecular weight is 440 g/mol. The molecule has 0 aromatic carbocycles. The van der Waals surface area contributed by atoms with E-state index in [9.17, 15) is 9.59 Å². The van der Waals surface area contributed by atoms with Crippen molar-refractivity contribution in [3.63, 3.8) is 0 Å². The van der Waals surface area contributed by atoms with E-state index in [2.05, 4.69) is 20.5 Å². The summed E-state index contributed by atoms with van der Waals surface area (Å²) in [5, 5.41) is 6.42. The monoisotopic (exact) mass is 439 g/mol. The van der Waals surface area contributed by atoms with Gasteiger partial charge in [0.25, 0.3) is 5.91 Å². The van der Waals surface area contributed by atoms with Crippen LogP contribution >= 0.6 is 0 Å². The number of carbonyl (C=O) groups excluding carboxylic acids is 2. The minimum Gasteiger partial charge on any atom is -0.383 e. The van der Waals surface area contributed by atoms with E-state index in [1.807, 2.05) is 29.2 Å². The number of amides is 3. The van der Waals surface area contributed by atoms with Crippen molar-refractivity contribution >= 4 is 39.8 Å². The van der Waals surface area contributed by atoms with Crippen LogP contribution in [-0.2, 0) is 18.3 Å². The van der Waals surface area contributed by atoms with Gasteiger partial charge in [0.15, 0.2) is 5.82 Å². The highest BCUT2D eigenvalue weighted by atomic mass is 16.5. The average Bonchev–Trinajstić information content (AvgIpc) is 3.70. The van der Waals surface area contributed by atoms with E-state index < -0.39 is 0 Å². The number of pyridine rings is 1. The normalized spacial score (nSPS) is 16.0. The first-order valence-corrected chi connectivity index (χ1v) is 11.2. The molecule has 3 aromatic heterocycles. The molecule has 0 saturated heterocycles. The molecule has 5 rings (SSSR count). The van der Waals surface area contributed by atoms with Crippen LogP contribution in [0, 0.1) is 0 Å². The van der Waals surface area contributed by atoms with E-state index in [1.54, 1.807) is 13.4 Å². The third-order valence-electron chi connectivity index (χ3n) is 6.18. The van der Waals surface area contributed by atoms with Crippen LogP contribution in [0.3, 0.4) is 0 Å². The molecule has 32 heavy (non-hydrogen) atoms. The second-order valence-electron chi connectivity index (χ2n) is 8.57. The lowest BCUT2D eigenvalue weighted by Gasteiger charge is -2.22. The van der Waals surface area contributed by atoms with E-state index in [1.165, 1.54) is 0 Å². The third-order valence-corrected chi connectivity index (χ3v) is 6.18. The van der Waals surface area contributed by atoms with E-state index in [-0.39, 0.29) is 11.9 Å². The summed E-state index contributed by atoms with van der Waals surface area (Å²) in [6.07, 6.45) is 6.05. The lowest BCUT2D eigenvalue weighted by Crippen LogP contribution is -2.36. The van der Waals surface area contributed by atoms with Gasteiger partial charge in [-0.3, -0.25) is 10.1 Å². The lowest BCUT2D eigenvalue weighted by atomic mass is 10.2. The lowest BCUT2D eigenvalue weighted by molar-refractivity contribution is 0.0719. The molecule has 0 bridgehead atoms. The van der Waals surface area contributed by atoms with Gasteiger partial charge < -0.3 is 24.1 Å². The molecule has 0 spiro atoms. The largest absolute Gasteiger partial charge is 0.383 e. The van der Waals surface area contributed by atoms with Gasteiger partial charge in [0.1, 0.15) is 16.9 Å². The predicted octanol–water partition coefficient (Wildman–Crippen LogP) is 2.48. The number of methoxy groups -OCH3 is 1. The standard InChI is InChI=1S/C22H29N7O3/c1-4-28-16(21(30)29(13-5-6-13)14-7-8-14)11-15-18-17(24-12-27(18)2)19(25-20(15)28)26-22(31)23-9-10-32-3/h11-14H,4-10H2,1-3H3,(H2,23,25,26,31). The van der Waals surface area contributed by atoms with Crippen LogP contribution in [0.25, 0.3) is 22.1 Å². The SMILES string of the molecule is CCn1c(C(=O)N(C2CC2)C2CC2)cc2c3c(ncn3C)c(NC(=O)NCCOC)nc21. The van der Waals surface area contributed by atoms with Crippen LogP contribution in [0.5, 0.6) is 0 Å². The first-order valence-electron chi connectivity index (χ1n) is 11.2. The molecule has 0 radical (unpaired) electrons. The first-order chi connectivity index (χ1) is 15.5. The summed E-state index contributed by atoms with van der Waals surface area (Å²) in [4.78, 5) is 37.3. The van der Waals surface area contributed by atoms with Gasteiger partial charge in [-0.2, -0.15) is 0 Å². The summed E-state index contributed by atoms with van der Waals surface area (Å²) in [5.41, 5.74) is 2.76. The molecule has 0 aliphatic heterocycles. The molecule has 2 aliphatic rings. The van der Waals surface area contributed by atoms with Crippen molar-refractivity contribution in [2.24, 2.45) is 7.05 Å². The summed E-state index contributed by atoms with van der Waals surface area (Å²) in [6, 6.07) is 2.31. The van der Waals surface area contributed by atoms with Crippen molar-refractivity contribution in [3.8, 4) is 0 Å². The van der Waals surface area contributed by atoms with Gasteiger partial charge in [0.2, 0.25) is 0 Å². The van der Waals surface area contributed by atoms with Crippen LogP contribution in [0.4, 0.5) is 10.6 Å². The molecule has 3 heterocycles. The van der Waals surface area contributed by atoms with Crippen molar-refractivity contribution in [1.82, 2.24) is 29.3 Å². The first kappa shape index (κ1) is 20.7. The zero-order valence-electron chi connectivity index (χ0n) is 18.7. The highest BCUT2D eigenvalue weighted by molar-refractivity contribution is 6.11. The van der Waals surface area contributed by atoms with Crippen LogP contribution in [0.1, 0.15) is 43.1 Å². The second-order valence-corrected chi connectivity index (χ2v) is 8.57. The van der Waals surface area contributed by atoms with Gasteiger partial charge >= 0.3 is 6.03 Å². The number of nitrogens with zero attached hydrogens (tertiary/aromatic N) is 5. The summed E-state index contributed by atoms with van der Waals surface area (Å²) in [6.45, 7) is 3.41. The van der Waals surface area contributed by atoms with Gasteiger partial charge in [-0.15, -0.1) is 0 Å². The van der Waals surface area contributed by atoms with Crippen LogP contribution in [0.2, 0.25) is 0 Å². The molecule has 10 heteroatoms. The number of ether oxygens (including phenoxy) is 1. The maximum absolute atomic E-state index is 13.6. The zero-order chi connectivity index (χ0) is 22.4. The maximum atomic E-state index is 13.6. The van der Waals surface area contributed by atoms with E-state index >= 15 is 0 Å². The highest BCUT2D eigenvalue weighted by Gasteiger charge is 2.43. The number of nitrogens with one attached hydrogen (secondary N) is 2. The summed E-state index contributed by atoms with van der Waals surface area (Å²) in [5.74, 6) is 0.452. The zero-order valence-corrected chi connectivity index (χ0v) is 18.7. The second kappa shape index (κ2) is 8.09. The number of imidazole rings is 1. The number of rotatable bonds is 8. The number of aromatic nitrogens is 4. The van der Waals surface area contributed by atoms with Gasteiger partial charge in [-0.25, -0.2) is 14.8 Å². The van der Waals surface area contributed by atoms with Gasteiger partial charge in [0.05, 0.1) is 18.5 Å². The Morgan fingerprint density at radius 2 is 1.97 bits per heavy atom. The number of aryl methyl sites for hydroxylation is 2. The van der Waals surface area contributed by atoms with E-state index in [0.717, 1.165) is 36.6 Å². The molecule has 0 unspecified atom stereocenters. The van der Waals surface area contributed by atoms with Crippen molar-refractivity contribution in [2.75, 3.05) is 25.6 Å². The molecule has 170 valence electrons. The topological polar surface area (TPSA) is 106 Å². The number of hydrogen-bond donors (Lipinski definition) is 2. The Morgan fingerprint density at radius 3 is 2.59 bits per heavy atom. The Bertz CT molecular complexity index is 1180. The Hall–Kier alpha value is -3.14. The summed E-state index contributed by atoms with van der Waals surface area (Å²) < 4.78 is 8.84. The number of anilines is 1. The molecule has 3 aromatic rings. The number of fused-ring (bicyclic) bond motifs is 3. The Labute approximate surface area is 185 Å². The Balaban J connectivity index is 1.58. The fourth-order valence-corrected chi connectivity index (χ4v) is 4.38. The molecule has 2 aliphatic carbocycles. The van der Waals surface area contributed by atoms with E-state index in [0.29, 0.717) is 54.5 Å². The molecular formula is C22H29N7O3. The highest BCUT2D eigenvalue weighted by Crippen LogP contribution is 2.39. The molecule has 10 nitrogen and oxygen atoms in total. The van der Waals surface area contributed by atoms with Crippen LogP contribution in [-0.4, -0.2) is 68.3 Å². The minimum absolute atomic E-state index is 0.0805. The molecule has 0 atom stereocenters. The van der Waals surface area contributed by atoms with Gasteiger partial charge in [0, 0.05) is 44.7 Å². The Morgan fingerprint density at radius 1 is 1.25 bits per heavy atom. The van der Waals surface area contributed by atoms with Gasteiger partial charge in [-0.05, 0) is 38.7 Å². The molecule has 2 N–H and O–H groups in total. The minimum atomic E-state index is -0.375. The Kier molecular flexibility index (Phi) is 5.24.